The van der Waals surface area contributed by atoms with E-state index in [0.717, 1.165) is 28.0 Å². The number of hydrogen-bond acceptors (Lipinski definition) is 6. The first-order valence-corrected chi connectivity index (χ1v) is 11.6. The van der Waals surface area contributed by atoms with Gasteiger partial charge in [-0.15, -0.1) is 21.5 Å². The monoisotopic (exact) mass is 441 g/mol. The minimum absolute atomic E-state index is 0.107. The third-order valence-electron chi connectivity index (χ3n) is 4.52. The molecule has 30 heavy (non-hydrogen) atoms. The topological polar surface area (TPSA) is 72.2 Å². The van der Waals surface area contributed by atoms with Gasteiger partial charge in [-0.05, 0) is 37.0 Å². The lowest BCUT2D eigenvalue weighted by molar-refractivity contribution is -0.118. The molecule has 3 aromatic rings. The van der Waals surface area contributed by atoms with Gasteiger partial charge in [0.25, 0.3) is 5.91 Å². The van der Waals surface area contributed by atoms with Gasteiger partial charge in [0.05, 0.1) is 12.0 Å². The van der Waals surface area contributed by atoms with E-state index in [1.807, 2.05) is 30.5 Å². The van der Waals surface area contributed by atoms with Crippen molar-refractivity contribution in [3.63, 3.8) is 0 Å². The number of carbonyl (C=O) groups excluding carboxylic acids is 1. The molecule has 2 aromatic heterocycles. The molecule has 1 aromatic carbocycles. The number of thioether (sulfide) groups is 1. The Morgan fingerprint density at radius 2 is 1.93 bits per heavy atom. The molecule has 1 amide bonds. The van der Waals surface area contributed by atoms with Crippen molar-refractivity contribution in [1.82, 2.24) is 20.2 Å². The van der Waals surface area contributed by atoms with E-state index in [1.54, 1.807) is 17.6 Å². The van der Waals surface area contributed by atoms with E-state index in [9.17, 15) is 4.79 Å². The second-order valence-electron chi connectivity index (χ2n) is 7.91. The molecule has 3 rings (SSSR count). The second kappa shape index (κ2) is 9.57. The number of nitrogens with one attached hydrogen (secondary N) is 1. The van der Waals surface area contributed by atoms with Crippen LogP contribution in [-0.2, 0) is 16.8 Å². The van der Waals surface area contributed by atoms with Gasteiger partial charge in [-0.1, -0.05) is 56.8 Å². The molecule has 8 heteroatoms. The number of hydrazone groups is 1. The average Bonchev–Trinajstić information content (AvgIpc) is 3.31. The van der Waals surface area contributed by atoms with Crippen LogP contribution in [0.1, 0.15) is 43.0 Å². The van der Waals surface area contributed by atoms with Gasteiger partial charge in [0.15, 0.2) is 11.0 Å². The van der Waals surface area contributed by atoms with E-state index in [0.29, 0.717) is 0 Å². The maximum absolute atomic E-state index is 12.1. The number of carbonyl (C=O) groups is 1. The maximum atomic E-state index is 12.1. The van der Waals surface area contributed by atoms with Crippen LogP contribution in [0.15, 0.2) is 46.7 Å². The standard InChI is InChI=1S/C22H27N5OS2/c1-6-27-20(16-8-10-17(11-9-16)22(3,4)5)25-26-21(27)29-14-19(28)24-23-13-18-12-7-15(2)30-18/h7-13H,6,14H2,1-5H3,(H,24,28)/b23-13+. The van der Waals surface area contributed by atoms with Gasteiger partial charge in [-0.2, -0.15) is 5.10 Å². The molecule has 158 valence electrons. The first-order chi connectivity index (χ1) is 14.3. The van der Waals surface area contributed by atoms with Crippen molar-refractivity contribution in [2.75, 3.05) is 5.75 Å². The van der Waals surface area contributed by atoms with Gasteiger partial charge in [0, 0.05) is 21.9 Å². The van der Waals surface area contributed by atoms with Gasteiger partial charge in [-0.25, -0.2) is 5.43 Å². The Morgan fingerprint density at radius 3 is 2.53 bits per heavy atom. The lowest BCUT2D eigenvalue weighted by Gasteiger charge is -2.19. The maximum Gasteiger partial charge on any atom is 0.250 e. The molecule has 6 nitrogen and oxygen atoms in total. The molecule has 0 unspecified atom stereocenters. The zero-order valence-corrected chi connectivity index (χ0v) is 19.6. The predicted octanol–water partition coefficient (Wildman–Crippen LogP) is 4.87. The minimum atomic E-state index is -0.175. The first-order valence-electron chi connectivity index (χ1n) is 9.83. The number of rotatable bonds is 7. The number of benzene rings is 1. The summed E-state index contributed by atoms with van der Waals surface area (Å²) in [7, 11) is 0. The highest BCUT2D eigenvalue weighted by molar-refractivity contribution is 7.99. The van der Waals surface area contributed by atoms with E-state index in [-0.39, 0.29) is 17.1 Å². The van der Waals surface area contributed by atoms with Crippen LogP contribution in [0.25, 0.3) is 11.4 Å². The molecule has 0 aliphatic carbocycles. The van der Waals surface area contributed by atoms with Crippen molar-refractivity contribution in [3.8, 4) is 11.4 Å². The Morgan fingerprint density at radius 1 is 1.20 bits per heavy atom. The summed E-state index contributed by atoms with van der Waals surface area (Å²) in [5.74, 6) is 0.861. The lowest BCUT2D eigenvalue weighted by Crippen LogP contribution is -2.19. The molecule has 0 saturated carbocycles. The normalized spacial score (nSPS) is 11.9. The number of amides is 1. The van der Waals surface area contributed by atoms with E-state index < -0.39 is 0 Å². The molecular weight excluding hydrogens is 414 g/mol. The molecule has 0 radical (unpaired) electrons. The Hall–Kier alpha value is -2.45. The van der Waals surface area contributed by atoms with Crippen LogP contribution < -0.4 is 5.43 Å². The predicted molar refractivity (Wildman–Crippen MR) is 125 cm³/mol. The van der Waals surface area contributed by atoms with Crippen molar-refractivity contribution < 1.29 is 4.79 Å². The third-order valence-corrected chi connectivity index (χ3v) is 6.42. The molecule has 0 fully saturated rings. The van der Waals surface area contributed by atoms with Gasteiger partial charge in [-0.3, -0.25) is 4.79 Å². The second-order valence-corrected chi connectivity index (χ2v) is 10.2. The Labute approximate surface area is 185 Å². The zero-order valence-electron chi connectivity index (χ0n) is 18.0. The van der Waals surface area contributed by atoms with Crippen LogP contribution in [-0.4, -0.2) is 32.6 Å². The van der Waals surface area contributed by atoms with Crippen molar-refractivity contribution in [3.05, 3.63) is 51.7 Å². The summed E-state index contributed by atoms with van der Waals surface area (Å²) in [6, 6.07) is 12.4. The summed E-state index contributed by atoms with van der Waals surface area (Å²) in [6.45, 7) is 11.4. The first kappa shape index (κ1) is 22.2. The summed E-state index contributed by atoms with van der Waals surface area (Å²) in [5, 5.41) is 13.4. The van der Waals surface area contributed by atoms with Crippen LogP contribution in [0.3, 0.4) is 0 Å². The fourth-order valence-corrected chi connectivity index (χ4v) is 4.41. The Balaban J connectivity index is 1.62. The SMILES string of the molecule is CCn1c(SCC(=O)N/N=C/c2ccc(C)s2)nnc1-c1ccc(C(C)(C)C)cc1. The Bertz CT molecular complexity index is 1030. The minimum Gasteiger partial charge on any atom is -0.302 e. The molecule has 0 atom stereocenters. The van der Waals surface area contributed by atoms with Crippen LogP contribution in [0.4, 0.5) is 0 Å². The largest absolute Gasteiger partial charge is 0.302 e. The molecule has 1 N–H and O–H groups in total. The fraction of sp³-hybridized carbons (Fsp3) is 0.364. The molecular formula is C22H27N5OS2. The number of hydrogen-bond donors (Lipinski definition) is 1. The summed E-state index contributed by atoms with van der Waals surface area (Å²) in [4.78, 5) is 14.3. The molecule has 0 saturated heterocycles. The molecule has 0 aliphatic rings. The highest BCUT2D eigenvalue weighted by atomic mass is 32.2. The van der Waals surface area contributed by atoms with E-state index in [1.165, 1.54) is 22.2 Å². The number of thiophene rings is 1. The van der Waals surface area contributed by atoms with Crippen LogP contribution in [0.2, 0.25) is 0 Å². The summed E-state index contributed by atoms with van der Waals surface area (Å²) >= 11 is 2.99. The number of aromatic nitrogens is 3. The summed E-state index contributed by atoms with van der Waals surface area (Å²) in [5.41, 5.74) is 4.97. The van der Waals surface area contributed by atoms with Gasteiger partial charge >= 0.3 is 0 Å². The highest BCUT2D eigenvalue weighted by Crippen LogP contribution is 2.27. The number of aryl methyl sites for hydroxylation is 1. The van der Waals surface area contributed by atoms with Crippen LogP contribution >= 0.6 is 23.1 Å². The molecule has 0 aliphatic heterocycles. The quantitative estimate of drug-likeness (QED) is 0.322. The smallest absolute Gasteiger partial charge is 0.250 e. The van der Waals surface area contributed by atoms with Crippen molar-refractivity contribution >= 4 is 35.2 Å². The summed E-state index contributed by atoms with van der Waals surface area (Å²) < 4.78 is 2.03. The van der Waals surface area contributed by atoms with Gasteiger partial charge in [0.2, 0.25) is 0 Å². The average molecular weight is 442 g/mol. The van der Waals surface area contributed by atoms with E-state index in [2.05, 4.69) is 65.8 Å². The van der Waals surface area contributed by atoms with E-state index >= 15 is 0 Å². The summed E-state index contributed by atoms with van der Waals surface area (Å²) in [6.07, 6.45) is 1.66. The van der Waals surface area contributed by atoms with Crippen molar-refractivity contribution in [2.24, 2.45) is 5.10 Å². The van der Waals surface area contributed by atoms with Crippen molar-refractivity contribution in [2.45, 2.75) is 51.7 Å². The van der Waals surface area contributed by atoms with Gasteiger partial charge in [0.1, 0.15) is 0 Å². The molecule has 2 heterocycles. The third kappa shape index (κ3) is 5.58. The van der Waals surface area contributed by atoms with Crippen LogP contribution in [0, 0.1) is 6.92 Å². The lowest BCUT2D eigenvalue weighted by atomic mass is 9.87. The molecule has 0 spiro atoms. The van der Waals surface area contributed by atoms with Crippen LogP contribution in [0.5, 0.6) is 0 Å². The van der Waals surface area contributed by atoms with Gasteiger partial charge < -0.3 is 4.57 Å². The molecule has 0 bridgehead atoms. The Kier molecular flexibility index (Phi) is 7.10. The number of nitrogens with zero attached hydrogens (tertiary/aromatic N) is 4. The zero-order chi connectivity index (χ0) is 21.7. The highest BCUT2D eigenvalue weighted by Gasteiger charge is 2.17. The van der Waals surface area contributed by atoms with E-state index in [4.69, 9.17) is 0 Å². The fourth-order valence-electron chi connectivity index (χ4n) is 2.87. The van der Waals surface area contributed by atoms with Crippen molar-refractivity contribution in [1.29, 1.82) is 0 Å².